The summed E-state index contributed by atoms with van der Waals surface area (Å²) >= 11 is 6.13. The number of benzene rings is 1. The second-order valence-electron chi connectivity index (χ2n) is 3.77. The van der Waals surface area contributed by atoms with E-state index in [1.54, 1.807) is 7.11 Å². The van der Waals surface area contributed by atoms with Crippen LogP contribution in [0.15, 0.2) is 18.2 Å². The molecule has 0 aliphatic rings. The summed E-state index contributed by atoms with van der Waals surface area (Å²) in [7, 11) is 3.63. The molecule has 90 valence electrons. The summed E-state index contributed by atoms with van der Waals surface area (Å²) in [5.74, 6) is 0.770. The Balaban J connectivity index is 2.59. The highest BCUT2D eigenvalue weighted by Gasteiger charge is 2.05. The number of aliphatic hydroxyl groups is 1. The molecule has 0 aromatic heterocycles. The van der Waals surface area contributed by atoms with E-state index >= 15 is 0 Å². The highest BCUT2D eigenvalue weighted by atomic mass is 35.5. The fourth-order valence-electron chi connectivity index (χ4n) is 1.49. The highest BCUT2D eigenvalue weighted by Crippen LogP contribution is 2.23. The quantitative estimate of drug-likeness (QED) is 0.831. The second-order valence-corrected chi connectivity index (χ2v) is 4.18. The van der Waals surface area contributed by atoms with Gasteiger partial charge in [-0.25, -0.2) is 0 Å². The smallest absolute Gasteiger partial charge is 0.120 e. The van der Waals surface area contributed by atoms with Crippen LogP contribution < -0.4 is 4.74 Å². The number of nitrogens with zero attached hydrogens (tertiary/aromatic N) is 1. The minimum Gasteiger partial charge on any atom is -0.497 e. The first kappa shape index (κ1) is 13.3. The predicted octanol–water partition coefficient (Wildman–Crippen LogP) is 2.16. The molecule has 16 heavy (non-hydrogen) atoms. The fraction of sp³-hybridized carbons (Fsp3) is 0.500. The average molecular weight is 244 g/mol. The molecular formula is C12H18ClNO2. The Morgan fingerprint density at radius 1 is 1.44 bits per heavy atom. The molecule has 0 aliphatic carbocycles. The largest absolute Gasteiger partial charge is 0.497 e. The number of ether oxygens (including phenoxy) is 1. The average Bonchev–Trinajstić information content (AvgIpc) is 2.29. The maximum absolute atomic E-state index is 8.73. The van der Waals surface area contributed by atoms with Crippen LogP contribution in [0.3, 0.4) is 0 Å². The molecule has 4 heteroatoms. The van der Waals surface area contributed by atoms with Crippen LogP contribution in [0.25, 0.3) is 0 Å². The first-order valence-corrected chi connectivity index (χ1v) is 5.67. The molecule has 0 unspecified atom stereocenters. The van der Waals surface area contributed by atoms with Crippen LogP contribution in [0.4, 0.5) is 0 Å². The lowest BCUT2D eigenvalue weighted by atomic mass is 10.2. The summed E-state index contributed by atoms with van der Waals surface area (Å²) in [6, 6.07) is 5.69. The third kappa shape index (κ3) is 4.00. The number of aliphatic hydroxyl groups excluding tert-OH is 1. The molecule has 0 saturated heterocycles. The van der Waals surface area contributed by atoms with Crippen LogP contribution in [-0.4, -0.2) is 37.3 Å². The van der Waals surface area contributed by atoms with Crippen LogP contribution in [-0.2, 0) is 6.54 Å². The van der Waals surface area contributed by atoms with Gasteiger partial charge in [0.25, 0.3) is 0 Å². The maximum atomic E-state index is 8.73. The van der Waals surface area contributed by atoms with Gasteiger partial charge in [0, 0.05) is 24.7 Å². The molecular weight excluding hydrogens is 226 g/mol. The van der Waals surface area contributed by atoms with Crippen molar-refractivity contribution in [3.63, 3.8) is 0 Å². The normalized spacial score (nSPS) is 10.8. The van der Waals surface area contributed by atoms with Gasteiger partial charge >= 0.3 is 0 Å². The van der Waals surface area contributed by atoms with E-state index in [1.807, 2.05) is 25.2 Å². The number of hydrogen-bond donors (Lipinski definition) is 1. The van der Waals surface area contributed by atoms with Gasteiger partial charge in [0.15, 0.2) is 0 Å². The fourth-order valence-corrected chi connectivity index (χ4v) is 1.72. The van der Waals surface area contributed by atoms with Crippen LogP contribution in [0.5, 0.6) is 5.75 Å². The Bertz CT molecular complexity index is 331. The lowest BCUT2D eigenvalue weighted by Gasteiger charge is -2.17. The Labute approximate surface area is 102 Å². The van der Waals surface area contributed by atoms with Gasteiger partial charge in [-0.05, 0) is 31.2 Å². The van der Waals surface area contributed by atoms with Gasteiger partial charge in [0.05, 0.1) is 7.11 Å². The van der Waals surface area contributed by atoms with E-state index in [9.17, 15) is 0 Å². The summed E-state index contributed by atoms with van der Waals surface area (Å²) < 4.78 is 5.09. The highest BCUT2D eigenvalue weighted by molar-refractivity contribution is 6.31. The van der Waals surface area contributed by atoms with Crippen molar-refractivity contribution in [1.82, 2.24) is 4.90 Å². The maximum Gasteiger partial charge on any atom is 0.120 e. The molecule has 3 nitrogen and oxygen atoms in total. The van der Waals surface area contributed by atoms with Gasteiger partial charge in [0.2, 0.25) is 0 Å². The number of rotatable bonds is 6. The number of methoxy groups -OCH3 is 1. The molecule has 0 radical (unpaired) electrons. The van der Waals surface area contributed by atoms with Crippen molar-refractivity contribution in [2.75, 3.05) is 27.3 Å². The monoisotopic (exact) mass is 243 g/mol. The molecule has 0 aliphatic heterocycles. The van der Waals surface area contributed by atoms with E-state index in [0.717, 1.165) is 35.8 Å². The van der Waals surface area contributed by atoms with E-state index in [1.165, 1.54) is 0 Å². The third-order valence-electron chi connectivity index (χ3n) is 2.40. The molecule has 0 spiro atoms. The Kier molecular flexibility index (Phi) is 5.60. The summed E-state index contributed by atoms with van der Waals surface area (Å²) in [5, 5.41) is 9.45. The van der Waals surface area contributed by atoms with E-state index in [2.05, 4.69) is 4.90 Å². The van der Waals surface area contributed by atoms with Crippen LogP contribution >= 0.6 is 11.6 Å². The molecule has 1 aromatic rings. The lowest BCUT2D eigenvalue weighted by molar-refractivity contribution is 0.244. The zero-order valence-electron chi connectivity index (χ0n) is 9.74. The summed E-state index contributed by atoms with van der Waals surface area (Å²) in [6.45, 7) is 1.86. The van der Waals surface area contributed by atoms with E-state index in [4.69, 9.17) is 21.4 Å². The molecule has 1 rings (SSSR count). The third-order valence-corrected chi connectivity index (χ3v) is 2.75. The van der Waals surface area contributed by atoms with E-state index in [0.29, 0.717) is 0 Å². The molecule has 0 amide bonds. The summed E-state index contributed by atoms with van der Waals surface area (Å²) in [5.41, 5.74) is 1.07. The van der Waals surface area contributed by atoms with Gasteiger partial charge in [-0.15, -0.1) is 0 Å². The zero-order chi connectivity index (χ0) is 12.0. The van der Waals surface area contributed by atoms with Crippen molar-refractivity contribution in [3.05, 3.63) is 28.8 Å². The van der Waals surface area contributed by atoms with Crippen molar-refractivity contribution >= 4 is 11.6 Å². The van der Waals surface area contributed by atoms with Crippen molar-refractivity contribution in [3.8, 4) is 5.75 Å². The second kappa shape index (κ2) is 6.74. The lowest BCUT2D eigenvalue weighted by Crippen LogP contribution is -2.20. The predicted molar refractivity (Wildman–Crippen MR) is 66.0 cm³/mol. The standard InChI is InChI=1S/C12H18ClNO2/c1-14(6-3-7-15)9-10-4-5-11(16-2)8-12(10)13/h4-5,8,15H,3,6-7,9H2,1-2H3. The molecule has 0 saturated carbocycles. The zero-order valence-corrected chi connectivity index (χ0v) is 10.5. The minimum absolute atomic E-state index is 0.223. The number of halogens is 1. The van der Waals surface area contributed by atoms with Crippen molar-refractivity contribution in [1.29, 1.82) is 0 Å². The van der Waals surface area contributed by atoms with Crippen LogP contribution in [0, 0.1) is 0 Å². The number of hydrogen-bond acceptors (Lipinski definition) is 3. The molecule has 0 atom stereocenters. The van der Waals surface area contributed by atoms with Crippen molar-refractivity contribution in [2.45, 2.75) is 13.0 Å². The van der Waals surface area contributed by atoms with Gasteiger partial charge in [-0.1, -0.05) is 17.7 Å². The van der Waals surface area contributed by atoms with Crippen molar-refractivity contribution < 1.29 is 9.84 Å². The molecule has 1 N–H and O–H groups in total. The summed E-state index contributed by atoms with van der Waals surface area (Å²) in [6.07, 6.45) is 0.782. The Morgan fingerprint density at radius 3 is 2.75 bits per heavy atom. The van der Waals surface area contributed by atoms with Crippen LogP contribution in [0.2, 0.25) is 5.02 Å². The van der Waals surface area contributed by atoms with Crippen LogP contribution in [0.1, 0.15) is 12.0 Å². The van der Waals surface area contributed by atoms with E-state index in [-0.39, 0.29) is 6.61 Å². The molecule has 0 fully saturated rings. The van der Waals surface area contributed by atoms with Gasteiger partial charge in [-0.3, -0.25) is 0 Å². The van der Waals surface area contributed by atoms with Gasteiger partial charge in [-0.2, -0.15) is 0 Å². The minimum atomic E-state index is 0.223. The van der Waals surface area contributed by atoms with Crippen molar-refractivity contribution in [2.24, 2.45) is 0 Å². The SMILES string of the molecule is COc1ccc(CN(C)CCCO)c(Cl)c1. The molecule has 0 bridgehead atoms. The Morgan fingerprint density at radius 2 is 2.19 bits per heavy atom. The first-order chi connectivity index (χ1) is 7.67. The summed E-state index contributed by atoms with van der Waals surface area (Å²) in [4.78, 5) is 2.13. The Hall–Kier alpha value is -0.770. The topological polar surface area (TPSA) is 32.7 Å². The van der Waals surface area contributed by atoms with E-state index < -0.39 is 0 Å². The van der Waals surface area contributed by atoms with Gasteiger partial charge < -0.3 is 14.7 Å². The first-order valence-electron chi connectivity index (χ1n) is 5.29. The molecule has 0 heterocycles. The molecule has 1 aromatic carbocycles. The van der Waals surface area contributed by atoms with Gasteiger partial charge in [0.1, 0.15) is 5.75 Å².